The lowest BCUT2D eigenvalue weighted by atomic mass is 10.1. The molecule has 0 unspecified atom stereocenters. The van der Waals surface area contributed by atoms with Gasteiger partial charge in [-0.15, -0.1) is 0 Å². The molecule has 0 N–H and O–H groups in total. The fourth-order valence-corrected chi connectivity index (χ4v) is 1.75. The Bertz CT molecular complexity index is 558. The van der Waals surface area contributed by atoms with Gasteiger partial charge in [-0.3, -0.25) is 0 Å². The summed E-state index contributed by atoms with van der Waals surface area (Å²) in [6, 6.07) is 7.28. The average Bonchev–Trinajstić information content (AvgIpc) is 2.68. The van der Waals surface area contributed by atoms with E-state index in [4.69, 9.17) is 0 Å². The van der Waals surface area contributed by atoms with Crippen LogP contribution in [0.4, 0.5) is 0 Å². The van der Waals surface area contributed by atoms with Gasteiger partial charge in [-0.05, 0) is 31.5 Å². The van der Waals surface area contributed by atoms with Gasteiger partial charge in [-0.25, -0.2) is 14.5 Å². The summed E-state index contributed by atoms with van der Waals surface area (Å²) in [5.41, 5.74) is 1.61. The Morgan fingerprint density at radius 2 is 1.94 bits per heavy atom. The second kappa shape index (κ2) is 5.00. The highest BCUT2D eigenvalue weighted by atomic mass is 16.5. The van der Waals surface area contributed by atoms with Gasteiger partial charge in [0, 0.05) is 0 Å². The first-order valence-electron chi connectivity index (χ1n) is 5.65. The first-order valence-corrected chi connectivity index (χ1v) is 5.65. The highest BCUT2D eigenvalue weighted by Gasteiger charge is 2.06. The summed E-state index contributed by atoms with van der Waals surface area (Å²) < 4.78 is 6.49. The molecule has 0 saturated carbocycles. The van der Waals surface area contributed by atoms with Crippen LogP contribution in [0.3, 0.4) is 0 Å². The Labute approximate surface area is 105 Å². The summed E-state index contributed by atoms with van der Waals surface area (Å²) in [7, 11) is 1.37. The number of nitrogens with zero attached hydrogens (tertiary/aromatic N) is 3. The van der Waals surface area contributed by atoms with Gasteiger partial charge in [0.15, 0.2) is 0 Å². The summed E-state index contributed by atoms with van der Waals surface area (Å²) in [6.45, 7) is 4.43. The van der Waals surface area contributed by atoms with Crippen molar-refractivity contribution in [2.45, 2.75) is 20.4 Å². The molecule has 0 radical (unpaired) electrons. The molecular weight excluding hydrogens is 230 g/mol. The molecule has 0 amide bonds. The Kier molecular flexibility index (Phi) is 3.41. The molecule has 1 heterocycles. The quantitative estimate of drug-likeness (QED) is 0.773. The molecule has 18 heavy (non-hydrogen) atoms. The first-order chi connectivity index (χ1) is 8.60. The SMILES string of the molecule is COC(=O)c1ccc(Cn2nc(C)nc2C)cc1. The summed E-state index contributed by atoms with van der Waals surface area (Å²) in [4.78, 5) is 15.5. The molecule has 1 aromatic carbocycles. The largest absolute Gasteiger partial charge is 0.465 e. The van der Waals surface area contributed by atoms with Gasteiger partial charge < -0.3 is 4.74 Å². The molecule has 2 aromatic rings. The van der Waals surface area contributed by atoms with Crippen LogP contribution in [0, 0.1) is 13.8 Å². The van der Waals surface area contributed by atoms with E-state index in [0.717, 1.165) is 17.2 Å². The lowest BCUT2D eigenvalue weighted by Gasteiger charge is -2.04. The molecule has 5 nitrogen and oxygen atoms in total. The second-order valence-corrected chi connectivity index (χ2v) is 4.05. The van der Waals surface area contributed by atoms with E-state index in [9.17, 15) is 4.79 Å². The topological polar surface area (TPSA) is 57.0 Å². The van der Waals surface area contributed by atoms with Crippen LogP contribution in [-0.2, 0) is 11.3 Å². The molecule has 2 rings (SSSR count). The monoisotopic (exact) mass is 245 g/mol. The van der Waals surface area contributed by atoms with Gasteiger partial charge in [-0.2, -0.15) is 5.10 Å². The van der Waals surface area contributed by atoms with Crippen LogP contribution in [0.15, 0.2) is 24.3 Å². The average molecular weight is 245 g/mol. The number of methoxy groups -OCH3 is 1. The molecule has 0 bridgehead atoms. The second-order valence-electron chi connectivity index (χ2n) is 4.05. The summed E-state index contributed by atoms with van der Waals surface area (Å²) >= 11 is 0. The van der Waals surface area contributed by atoms with Crippen LogP contribution < -0.4 is 0 Å². The van der Waals surface area contributed by atoms with E-state index >= 15 is 0 Å². The summed E-state index contributed by atoms with van der Waals surface area (Å²) in [6.07, 6.45) is 0. The van der Waals surface area contributed by atoms with Crippen LogP contribution in [-0.4, -0.2) is 27.8 Å². The van der Waals surface area contributed by atoms with Gasteiger partial charge >= 0.3 is 5.97 Å². The summed E-state index contributed by atoms with van der Waals surface area (Å²) in [5.74, 6) is 1.32. The molecular formula is C13H15N3O2. The number of benzene rings is 1. The lowest BCUT2D eigenvalue weighted by Crippen LogP contribution is -2.05. The minimum absolute atomic E-state index is 0.325. The third-order valence-corrected chi connectivity index (χ3v) is 2.67. The predicted octanol–water partition coefficient (Wildman–Crippen LogP) is 1.73. The Hall–Kier alpha value is -2.17. The minimum Gasteiger partial charge on any atom is -0.465 e. The maximum Gasteiger partial charge on any atom is 0.337 e. The molecule has 0 fully saturated rings. The van der Waals surface area contributed by atoms with E-state index < -0.39 is 0 Å². The van der Waals surface area contributed by atoms with Crippen molar-refractivity contribution in [3.63, 3.8) is 0 Å². The highest BCUT2D eigenvalue weighted by Crippen LogP contribution is 2.08. The molecule has 0 saturated heterocycles. The number of aryl methyl sites for hydroxylation is 2. The third-order valence-electron chi connectivity index (χ3n) is 2.67. The number of esters is 1. The van der Waals surface area contributed by atoms with Gasteiger partial charge in [0.25, 0.3) is 0 Å². The number of carbonyl (C=O) groups is 1. The zero-order valence-electron chi connectivity index (χ0n) is 10.7. The maximum absolute atomic E-state index is 11.3. The molecule has 5 heteroatoms. The van der Waals surface area contributed by atoms with E-state index in [1.165, 1.54) is 7.11 Å². The van der Waals surface area contributed by atoms with Gasteiger partial charge in [0.1, 0.15) is 11.6 Å². The zero-order valence-corrected chi connectivity index (χ0v) is 10.7. The van der Waals surface area contributed by atoms with E-state index in [-0.39, 0.29) is 5.97 Å². The lowest BCUT2D eigenvalue weighted by molar-refractivity contribution is 0.0600. The normalized spacial score (nSPS) is 10.4. The molecule has 0 aliphatic heterocycles. The molecule has 0 aliphatic rings. The number of rotatable bonds is 3. The number of hydrogen-bond acceptors (Lipinski definition) is 4. The van der Waals surface area contributed by atoms with Crippen molar-refractivity contribution < 1.29 is 9.53 Å². The fraction of sp³-hybridized carbons (Fsp3) is 0.308. The van der Waals surface area contributed by atoms with Gasteiger partial charge in [0.2, 0.25) is 0 Å². The van der Waals surface area contributed by atoms with Crippen molar-refractivity contribution >= 4 is 5.97 Å². The highest BCUT2D eigenvalue weighted by molar-refractivity contribution is 5.89. The van der Waals surface area contributed by atoms with Crippen LogP contribution >= 0.6 is 0 Å². The van der Waals surface area contributed by atoms with Crippen LogP contribution in [0.1, 0.15) is 27.6 Å². The van der Waals surface area contributed by atoms with Gasteiger partial charge in [0.05, 0.1) is 19.2 Å². The van der Waals surface area contributed by atoms with Crippen LogP contribution in [0.25, 0.3) is 0 Å². The molecule has 94 valence electrons. The maximum atomic E-state index is 11.3. The van der Waals surface area contributed by atoms with Crippen molar-refractivity contribution in [1.82, 2.24) is 14.8 Å². The molecule has 1 aromatic heterocycles. The third kappa shape index (κ3) is 2.56. The van der Waals surface area contributed by atoms with Crippen LogP contribution in [0.2, 0.25) is 0 Å². The number of aromatic nitrogens is 3. The fourth-order valence-electron chi connectivity index (χ4n) is 1.75. The van der Waals surface area contributed by atoms with Crippen molar-refractivity contribution in [3.05, 3.63) is 47.0 Å². The van der Waals surface area contributed by atoms with E-state index in [1.807, 2.05) is 30.7 Å². The van der Waals surface area contributed by atoms with Crippen molar-refractivity contribution in [2.75, 3.05) is 7.11 Å². The Morgan fingerprint density at radius 1 is 1.28 bits per heavy atom. The van der Waals surface area contributed by atoms with Crippen LogP contribution in [0.5, 0.6) is 0 Å². The Balaban J connectivity index is 2.16. The minimum atomic E-state index is -0.325. The predicted molar refractivity (Wildman–Crippen MR) is 66.4 cm³/mol. The van der Waals surface area contributed by atoms with E-state index in [2.05, 4.69) is 14.8 Å². The first kappa shape index (κ1) is 12.3. The van der Waals surface area contributed by atoms with Crippen molar-refractivity contribution in [1.29, 1.82) is 0 Å². The van der Waals surface area contributed by atoms with Crippen molar-refractivity contribution in [2.24, 2.45) is 0 Å². The van der Waals surface area contributed by atoms with E-state index in [1.54, 1.807) is 12.1 Å². The molecule has 0 aliphatic carbocycles. The molecule has 0 spiro atoms. The standard InChI is InChI=1S/C13H15N3O2/c1-9-14-10(2)16(15-9)8-11-4-6-12(7-5-11)13(17)18-3/h4-7H,8H2,1-3H3. The van der Waals surface area contributed by atoms with E-state index in [0.29, 0.717) is 12.1 Å². The molecule has 0 atom stereocenters. The number of carbonyl (C=O) groups excluding carboxylic acids is 1. The number of ether oxygens (including phenoxy) is 1. The number of hydrogen-bond donors (Lipinski definition) is 0. The smallest absolute Gasteiger partial charge is 0.337 e. The summed E-state index contributed by atoms with van der Waals surface area (Å²) in [5, 5.41) is 4.29. The van der Waals surface area contributed by atoms with Crippen molar-refractivity contribution in [3.8, 4) is 0 Å². The van der Waals surface area contributed by atoms with Gasteiger partial charge in [-0.1, -0.05) is 12.1 Å². The zero-order chi connectivity index (χ0) is 13.1. The Morgan fingerprint density at radius 3 is 2.44 bits per heavy atom.